The van der Waals surface area contributed by atoms with Crippen LogP contribution >= 0.6 is 15.9 Å². The van der Waals surface area contributed by atoms with Crippen LogP contribution in [0, 0.1) is 11.3 Å². The van der Waals surface area contributed by atoms with Gasteiger partial charge in [-0.3, -0.25) is 0 Å². The molecule has 0 aliphatic carbocycles. The largest absolute Gasteiger partial charge is 0.354 e. The van der Waals surface area contributed by atoms with Crippen LogP contribution in [0.15, 0.2) is 10.9 Å². The maximum atomic E-state index is 8.86. The van der Waals surface area contributed by atoms with E-state index in [9.17, 15) is 0 Å². The molecule has 18 heavy (non-hydrogen) atoms. The lowest BCUT2D eigenvalue weighted by Crippen LogP contribution is -2.44. The second kappa shape index (κ2) is 6.12. The zero-order valence-corrected chi connectivity index (χ0v) is 11.9. The first-order valence-corrected chi connectivity index (χ1v) is 6.86. The van der Waals surface area contributed by atoms with E-state index < -0.39 is 0 Å². The molecule has 1 aromatic rings. The van der Waals surface area contributed by atoms with Gasteiger partial charge < -0.3 is 10.2 Å². The summed E-state index contributed by atoms with van der Waals surface area (Å²) in [7, 11) is 0. The van der Waals surface area contributed by atoms with Crippen molar-refractivity contribution in [1.29, 1.82) is 5.26 Å². The molecule has 0 radical (unpaired) electrons. The van der Waals surface area contributed by atoms with Crippen molar-refractivity contribution in [2.45, 2.75) is 19.3 Å². The van der Waals surface area contributed by atoms with E-state index in [0.717, 1.165) is 42.2 Å². The number of aromatic nitrogens is 2. The molecule has 1 N–H and O–H groups in total. The number of halogens is 1. The average molecular weight is 310 g/mol. The van der Waals surface area contributed by atoms with Crippen LogP contribution in [-0.2, 0) is 0 Å². The van der Waals surface area contributed by atoms with Crippen LogP contribution in [0.3, 0.4) is 0 Å². The molecule has 0 saturated carbocycles. The number of nitrogens with zero attached hydrogens (tertiary/aromatic N) is 4. The quantitative estimate of drug-likeness (QED) is 0.860. The standard InChI is InChI=1S/C12H16BrN5/c1-9(2-3-14)10-11(13)16-8-17-12(10)18-6-4-15-5-7-18/h8-9,15H,2,4-7H2,1H3/t9-/m1/s1. The predicted molar refractivity (Wildman–Crippen MR) is 73.5 cm³/mol. The highest BCUT2D eigenvalue weighted by molar-refractivity contribution is 9.10. The van der Waals surface area contributed by atoms with Gasteiger partial charge in [-0.25, -0.2) is 9.97 Å². The molecular weight excluding hydrogens is 294 g/mol. The van der Waals surface area contributed by atoms with E-state index in [1.165, 1.54) is 0 Å². The minimum absolute atomic E-state index is 0.135. The second-order valence-electron chi connectivity index (χ2n) is 4.40. The second-order valence-corrected chi connectivity index (χ2v) is 5.15. The zero-order valence-electron chi connectivity index (χ0n) is 10.4. The molecule has 1 atom stereocenters. The van der Waals surface area contributed by atoms with E-state index in [0.29, 0.717) is 6.42 Å². The summed E-state index contributed by atoms with van der Waals surface area (Å²) in [6.07, 6.45) is 2.05. The molecule has 0 amide bonds. The summed E-state index contributed by atoms with van der Waals surface area (Å²) in [4.78, 5) is 10.9. The SMILES string of the molecule is C[C@H](CC#N)c1c(Br)ncnc1N1CCNCC1. The maximum Gasteiger partial charge on any atom is 0.136 e. The third-order valence-corrected chi connectivity index (χ3v) is 3.75. The van der Waals surface area contributed by atoms with Gasteiger partial charge in [-0.15, -0.1) is 0 Å². The smallest absolute Gasteiger partial charge is 0.136 e. The molecule has 1 aliphatic heterocycles. The normalized spacial score (nSPS) is 17.3. The van der Waals surface area contributed by atoms with Crippen molar-refractivity contribution in [2.75, 3.05) is 31.1 Å². The number of nitriles is 1. The third kappa shape index (κ3) is 2.79. The van der Waals surface area contributed by atoms with Gasteiger partial charge in [0.25, 0.3) is 0 Å². The summed E-state index contributed by atoms with van der Waals surface area (Å²) in [6, 6.07) is 2.22. The fraction of sp³-hybridized carbons (Fsp3) is 0.583. The summed E-state index contributed by atoms with van der Waals surface area (Å²) in [5.41, 5.74) is 1.04. The molecule has 96 valence electrons. The Labute approximate surface area is 115 Å². The summed E-state index contributed by atoms with van der Waals surface area (Å²) in [5.74, 6) is 1.09. The molecule has 0 bridgehead atoms. The van der Waals surface area contributed by atoms with Crippen LogP contribution in [0.1, 0.15) is 24.8 Å². The van der Waals surface area contributed by atoms with E-state index in [4.69, 9.17) is 5.26 Å². The lowest BCUT2D eigenvalue weighted by molar-refractivity contribution is 0.579. The van der Waals surface area contributed by atoms with Crippen molar-refractivity contribution >= 4 is 21.7 Å². The van der Waals surface area contributed by atoms with E-state index in [1.54, 1.807) is 6.33 Å². The topological polar surface area (TPSA) is 64.8 Å². The van der Waals surface area contributed by atoms with Gasteiger partial charge in [-0.05, 0) is 15.9 Å². The number of piperazine rings is 1. The van der Waals surface area contributed by atoms with Gasteiger partial charge in [0.1, 0.15) is 16.7 Å². The fourth-order valence-electron chi connectivity index (χ4n) is 2.16. The highest BCUT2D eigenvalue weighted by atomic mass is 79.9. The third-order valence-electron chi connectivity index (χ3n) is 3.12. The highest BCUT2D eigenvalue weighted by Gasteiger charge is 2.21. The summed E-state index contributed by atoms with van der Waals surface area (Å²) in [6.45, 7) is 5.85. The molecule has 1 aliphatic rings. The number of hydrogen-bond acceptors (Lipinski definition) is 5. The molecule has 0 spiro atoms. The van der Waals surface area contributed by atoms with Gasteiger partial charge in [0.05, 0.1) is 6.07 Å². The maximum absolute atomic E-state index is 8.86. The fourth-order valence-corrected chi connectivity index (χ4v) is 2.82. The Morgan fingerprint density at radius 3 is 2.89 bits per heavy atom. The first-order valence-electron chi connectivity index (χ1n) is 6.07. The van der Waals surface area contributed by atoms with Crippen molar-refractivity contribution in [1.82, 2.24) is 15.3 Å². The molecule has 1 saturated heterocycles. The lowest BCUT2D eigenvalue weighted by Gasteiger charge is -2.31. The van der Waals surface area contributed by atoms with Gasteiger partial charge >= 0.3 is 0 Å². The van der Waals surface area contributed by atoms with E-state index >= 15 is 0 Å². The van der Waals surface area contributed by atoms with Gasteiger partial charge in [0.2, 0.25) is 0 Å². The minimum Gasteiger partial charge on any atom is -0.354 e. The Hall–Kier alpha value is -1.19. The number of nitrogens with one attached hydrogen (secondary N) is 1. The van der Waals surface area contributed by atoms with Crippen LogP contribution < -0.4 is 10.2 Å². The first kappa shape index (κ1) is 13.2. The number of anilines is 1. The lowest BCUT2D eigenvalue weighted by atomic mass is 10.00. The Morgan fingerprint density at radius 2 is 2.22 bits per heavy atom. The monoisotopic (exact) mass is 309 g/mol. The van der Waals surface area contributed by atoms with Crippen LogP contribution in [0.4, 0.5) is 5.82 Å². The Balaban J connectivity index is 2.34. The van der Waals surface area contributed by atoms with Crippen molar-refractivity contribution in [3.05, 3.63) is 16.5 Å². The molecule has 2 rings (SSSR count). The van der Waals surface area contributed by atoms with Crippen molar-refractivity contribution < 1.29 is 0 Å². The Kier molecular flexibility index (Phi) is 4.50. The summed E-state index contributed by atoms with van der Waals surface area (Å²) < 4.78 is 0.800. The molecule has 0 aromatic carbocycles. The van der Waals surface area contributed by atoms with E-state index in [1.807, 2.05) is 6.92 Å². The van der Waals surface area contributed by atoms with Crippen LogP contribution in [0.25, 0.3) is 0 Å². The minimum atomic E-state index is 0.135. The highest BCUT2D eigenvalue weighted by Crippen LogP contribution is 2.32. The summed E-state index contributed by atoms with van der Waals surface area (Å²) >= 11 is 3.48. The van der Waals surface area contributed by atoms with Crippen molar-refractivity contribution in [3.63, 3.8) is 0 Å². The molecule has 1 aromatic heterocycles. The first-order chi connectivity index (χ1) is 8.74. The van der Waals surface area contributed by atoms with E-state index in [-0.39, 0.29) is 5.92 Å². The Morgan fingerprint density at radius 1 is 1.50 bits per heavy atom. The van der Waals surface area contributed by atoms with Crippen LogP contribution in [0.2, 0.25) is 0 Å². The molecule has 0 unspecified atom stereocenters. The number of hydrogen-bond donors (Lipinski definition) is 1. The predicted octanol–water partition coefficient (Wildman–Crippen LogP) is 1.67. The molecule has 6 heteroatoms. The zero-order chi connectivity index (χ0) is 13.0. The summed E-state index contributed by atoms with van der Waals surface area (Å²) in [5, 5.41) is 12.2. The van der Waals surface area contributed by atoms with Crippen LogP contribution in [0.5, 0.6) is 0 Å². The molecule has 1 fully saturated rings. The van der Waals surface area contributed by atoms with Crippen LogP contribution in [-0.4, -0.2) is 36.1 Å². The molecule has 5 nitrogen and oxygen atoms in total. The Bertz CT molecular complexity index is 450. The van der Waals surface area contributed by atoms with E-state index in [2.05, 4.69) is 42.2 Å². The van der Waals surface area contributed by atoms with Gasteiger partial charge in [-0.2, -0.15) is 5.26 Å². The molecule has 2 heterocycles. The number of rotatable bonds is 3. The van der Waals surface area contributed by atoms with Gasteiger partial charge in [-0.1, -0.05) is 6.92 Å². The van der Waals surface area contributed by atoms with Gasteiger partial charge in [0.15, 0.2) is 0 Å². The van der Waals surface area contributed by atoms with Crippen molar-refractivity contribution in [3.8, 4) is 6.07 Å². The van der Waals surface area contributed by atoms with Gasteiger partial charge in [0, 0.05) is 44.1 Å². The van der Waals surface area contributed by atoms with Crippen molar-refractivity contribution in [2.24, 2.45) is 0 Å². The average Bonchev–Trinajstić information content (AvgIpc) is 2.39. The molecular formula is C12H16BrN5.